The van der Waals surface area contributed by atoms with Gasteiger partial charge in [0.15, 0.2) is 0 Å². The van der Waals surface area contributed by atoms with E-state index in [0.29, 0.717) is 13.0 Å². The molecule has 0 spiro atoms. The molecule has 0 unspecified atom stereocenters. The number of imide groups is 2. The van der Waals surface area contributed by atoms with Crippen LogP contribution >= 0.6 is 0 Å². The molecular weight excluding hydrogens is 418 g/mol. The van der Waals surface area contributed by atoms with Crippen LogP contribution in [0.5, 0.6) is 0 Å². The quantitative estimate of drug-likeness (QED) is 0.372. The molecule has 2 aromatic carbocycles. The van der Waals surface area contributed by atoms with Crippen LogP contribution in [0, 0.1) is 0 Å². The molecule has 1 saturated heterocycles. The molecule has 0 N–H and O–H groups in total. The van der Waals surface area contributed by atoms with Crippen molar-refractivity contribution in [2.45, 2.75) is 26.3 Å². The fourth-order valence-corrected chi connectivity index (χ4v) is 3.85. The highest BCUT2D eigenvalue weighted by atomic mass is 16.2. The second-order valence-corrected chi connectivity index (χ2v) is 8.13. The van der Waals surface area contributed by atoms with Crippen LogP contribution in [0.3, 0.4) is 0 Å². The number of urea groups is 1. The second-order valence-electron chi connectivity index (χ2n) is 8.13. The Morgan fingerprint density at radius 3 is 2.18 bits per heavy atom. The Kier molecular flexibility index (Phi) is 6.65. The third-order valence-electron chi connectivity index (χ3n) is 5.55. The third kappa shape index (κ3) is 4.70. The zero-order chi connectivity index (χ0) is 23.4. The minimum atomic E-state index is -0.772. The van der Waals surface area contributed by atoms with Gasteiger partial charge in [-0.05, 0) is 25.6 Å². The lowest BCUT2D eigenvalue weighted by Crippen LogP contribution is -2.40. The Morgan fingerprint density at radius 1 is 0.879 bits per heavy atom. The Bertz CT molecular complexity index is 1140. The topological polar surface area (TPSA) is 78.8 Å². The van der Waals surface area contributed by atoms with E-state index in [-0.39, 0.29) is 13.2 Å². The van der Waals surface area contributed by atoms with Crippen molar-refractivity contribution >= 4 is 17.8 Å². The first-order valence-corrected chi connectivity index (χ1v) is 11.0. The molecule has 1 aromatic heterocycles. The van der Waals surface area contributed by atoms with Gasteiger partial charge in [0.05, 0.1) is 18.1 Å². The number of carbonyl (C=O) groups excluding carboxylic acids is 3. The Labute approximate surface area is 193 Å². The normalized spacial score (nSPS) is 14.1. The molecule has 0 aliphatic carbocycles. The fraction of sp³-hybridized carbons (Fsp3) is 0.280. The van der Waals surface area contributed by atoms with Gasteiger partial charge in [-0.2, -0.15) is 5.10 Å². The molecule has 170 valence electrons. The van der Waals surface area contributed by atoms with Crippen LogP contribution in [-0.4, -0.2) is 62.6 Å². The zero-order valence-electron chi connectivity index (χ0n) is 18.8. The number of amides is 4. The molecule has 4 rings (SSSR count). The standard InChI is InChI=1S/C25H27N5O3/c1-3-4-15-28-23(31)24(32)29(25(28)33)18-27(2)16-20-17-30(21-13-9-6-10-14-21)26-22(20)19-11-7-5-8-12-19/h5-14,17H,3-4,15-16,18H2,1-2H3. The van der Waals surface area contributed by atoms with Gasteiger partial charge in [0.1, 0.15) is 0 Å². The van der Waals surface area contributed by atoms with E-state index < -0.39 is 17.8 Å². The van der Waals surface area contributed by atoms with Crippen LogP contribution in [0.25, 0.3) is 16.9 Å². The van der Waals surface area contributed by atoms with Crippen molar-refractivity contribution < 1.29 is 14.4 Å². The van der Waals surface area contributed by atoms with Gasteiger partial charge in [-0.1, -0.05) is 61.9 Å². The molecule has 0 saturated carbocycles. The van der Waals surface area contributed by atoms with E-state index in [2.05, 4.69) is 0 Å². The minimum absolute atomic E-state index is 0.0246. The van der Waals surface area contributed by atoms with Crippen LogP contribution in [0.15, 0.2) is 66.9 Å². The van der Waals surface area contributed by atoms with Crippen molar-refractivity contribution in [2.24, 2.45) is 0 Å². The van der Waals surface area contributed by atoms with Crippen LogP contribution in [0.1, 0.15) is 25.3 Å². The molecule has 1 aliphatic rings. The molecule has 0 atom stereocenters. The van der Waals surface area contributed by atoms with E-state index in [1.54, 1.807) is 0 Å². The minimum Gasteiger partial charge on any atom is -0.284 e. The average molecular weight is 446 g/mol. The van der Waals surface area contributed by atoms with Crippen molar-refractivity contribution in [3.8, 4) is 16.9 Å². The van der Waals surface area contributed by atoms with Crippen LogP contribution in [-0.2, 0) is 16.1 Å². The van der Waals surface area contributed by atoms with E-state index in [4.69, 9.17) is 5.10 Å². The molecule has 1 fully saturated rings. The maximum absolute atomic E-state index is 12.7. The first-order valence-electron chi connectivity index (χ1n) is 11.0. The maximum atomic E-state index is 12.7. The Hall–Kier alpha value is -3.78. The van der Waals surface area contributed by atoms with Gasteiger partial charge in [0.25, 0.3) is 0 Å². The second kappa shape index (κ2) is 9.79. The van der Waals surface area contributed by atoms with E-state index in [9.17, 15) is 14.4 Å². The number of aromatic nitrogens is 2. The Balaban J connectivity index is 1.56. The molecule has 0 radical (unpaired) electrons. The summed E-state index contributed by atoms with van der Waals surface area (Å²) < 4.78 is 1.83. The average Bonchev–Trinajstić information content (AvgIpc) is 3.34. The summed E-state index contributed by atoms with van der Waals surface area (Å²) in [6.07, 6.45) is 3.47. The van der Waals surface area contributed by atoms with E-state index >= 15 is 0 Å². The van der Waals surface area contributed by atoms with Gasteiger partial charge in [-0.25, -0.2) is 14.4 Å². The van der Waals surface area contributed by atoms with E-state index in [1.165, 1.54) is 0 Å². The summed E-state index contributed by atoms with van der Waals surface area (Å²) in [5.41, 5.74) is 3.68. The highest BCUT2D eigenvalue weighted by Gasteiger charge is 2.44. The van der Waals surface area contributed by atoms with Gasteiger partial charge in [0, 0.05) is 30.4 Å². The molecule has 1 aliphatic heterocycles. The van der Waals surface area contributed by atoms with Gasteiger partial charge < -0.3 is 0 Å². The lowest BCUT2D eigenvalue weighted by molar-refractivity contribution is -0.143. The maximum Gasteiger partial charge on any atom is 0.335 e. The number of nitrogens with zero attached hydrogens (tertiary/aromatic N) is 5. The van der Waals surface area contributed by atoms with Crippen LogP contribution < -0.4 is 0 Å². The van der Waals surface area contributed by atoms with Crippen molar-refractivity contribution in [3.05, 3.63) is 72.4 Å². The van der Waals surface area contributed by atoms with Crippen molar-refractivity contribution in [1.82, 2.24) is 24.5 Å². The Morgan fingerprint density at radius 2 is 1.52 bits per heavy atom. The smallest absolute Gasteiger partial charge is 0.284 e. The fourth-order valence-electron chi connectivity index (χ4n) is 3.85. The first kappa shape index (κ1) is 22.4. The predicted octanol–water partition coefficient (Wildman–Crippen LogP) is 3.52. The summed E-state index contributed by atoms with van der Waals surface area (Å²) in [6, 6.07) is 19.1. The number of rotatable bonds is 9. The van der Waals surface area contributed by atoms with Gasteiger partial charge in [-0.3, -0.25) is 19.4 Å². The molecule has 3 aromatic rings. The molecule has 33 heavy (non-hydrogen) atoms. The number of hydrogen-bond acceptors (Lipinski definition) is 5. The molecule has 0 bridgehead atoms. The number of carbonyl (C=O) groups is 3. The number of hydrogen-bond donors (Lipinski definition) is 0. The first-order chi connectivity index (χ1) is 16.0. The van der Waals surface area contributed by atoms with Crippen molar-refractivity contribution in [3.63, 3.8) is 0 Å². The summed E-state index contributed by atoms with van der Waals surface area (Å²) >= 11 is 0. The van der Waals surface area contributed by atoms with Crippen molar-refractivity contribution in [2.75, 3.05) is 20.3 Å². The lowest BCUT2D eigenvalue weighted by atomic mass is 10.1. The highest BCUT2D eigenvalue weighted by molar-refractivity contribution is 6.44. The predicted molar refractivity (Wildman–Crippen MR) is 124 cm³/mol. The zero-order valence-corrected chi connectivity index (χ0v) is 18.8. The highest BCUT2D eigenvalue weighted by Crippen LogP contribution is 2.25. The van der Waals surface area contributed by atoms with Gasteiger partial charge in [0.2, 0.25) is 0 Å². The van der Waals surface area contributed by atoms with Crippen molar-refractivity contribution in [1.29, 1.82) is 0 Å². The summed E-state index contributed by atoms with van der Waals surface area (Å²) in [5, 5.41) is 4.80. The van der Waals surface area contributed by atoms with E-state index in [0.717, 1.165) is 38.7 Å². The van der Waals surface area contributed by atoms with Crippen LogP contribution in [0.4, 0.5) is 4.79 Å². The number of para-hydroxylation sites is 1. The molecule has 8 heteroatoms. The molecular formula is C25H27N5O3. The summed E-state index contributed by atoms with van der Waals surface area (Å²) in [6.45, 7) is 2.70. The lowest BCUT2D eigenvalue weighted by Gasteiger charge is -2.22. The molecule has 4 amide bonds. The number of unbranched alkanes of at least 4 members (excludes halogenated alkanes) is 1. The van der Waals surface area contributed by atoms with Gasteiger partial charge in [-0.15, -0.1) is 0 Å². The summed E-state index contributed by atoms with van der Waals surface area (Å²) in [7, 11) is 1.81. The third-order valence-corrected chi connectivity index (χ3v) is 5.55. The van der Waals surface area contributed by atoms with Crippen LogP contribution in [0.2, 0.25) is 0 Å². The van der Waals surface area contributed by atoms with Gasteiger partial charge >= 0.3 is 17.8 Å². The summed E-state index contributed by atoms with van der Waals surface area (Å²) in [5.74, 6) is -1.52. The summed E-state index contributed by atoms with van der Waals surface area (Å²) in [4.78, 5) is 41.2. The number of benzene rings is 2. The molecule has 2 heterocycles. The van der Waals surface area contributed by atoms with E-state index in [1.807, 2.05) is 90.4 Å². The molecule has 8 nitrogen and oxygen atoms in total. The SMILES string of the molecule is CCCCN1C(=O)C(=O)N(CN(C)Cc2cn(-c3ccccc3)nc2-c2ccccc2)C1=O. The largest absolute Gasteiger partial charge is 0.335 e. The monoisotopic (exact) mass is 445 g/mol.